The number of hydrogen-bond donors (Lipinski definition) is 1. The van der Waals surface area contributed by atoms with Crippen LogP contribution in [0.3, 0.4) is 0 Å². The molecule has 1 N–H and O–H groups in total. The number of fused-ring (bicyclic) bond motifs is 1. The van der Waals surface area contributed by atoms with Gasteiger partial charge in [-0.05, 0) is 36.1 Å². The number of benzene rings is 1. The zero-order valence-corrected chi connectivity index (χ0v) is 10.2. The lowest BCUT2D eigenvalue weighted by Crippen LogP contribution is -2.35. The molecule has 1 atom stereocenters. The van der Waals surface area contributed by atoms with Crippen molar-refractivity contribution in [3.05, 3.63) is 34.9 Å². The van der Waals surface area contributed by atoms with Crippen LogP contribution in [0.5, 0.6) is 0 Å². The number of likely N-dealkylation sites (N-methyl/N-ethyl adjacent to an activating group) is 1. The summed E-state index contributed by atoms with van der Waals surface area (Å²) in [4.78, 5) is 2.54. The van der Waals surface area contributed by atoms with Gasteiger partial charge in [0.05, 0.1) is 6.61 Å². The normalized spacial score (nSPS) is 20.8. The summed E-state index contributed by atoms with van der Waals surface area (Å²) >= 11 is 0. The predicted molar refractivity (Wildman–Crippen MR) is 66.3 cm³/mol. The molecule has 2 heteroatoms. The van der Waals surface area contributed by atoms with Crippen LogP contribution in [0, 0.1) is 0 Å². The second-order valence-corrected chi connectivity index (χ2v) is 4.49. The Labute approximate surface area is 97.9 Å². The van der Waals surface area contributed by atoms with E-state index in [0.29, 0.717) is 6.04 Å². The van der Waals surface area contributed by atoms with E-state index in [1.165, 1.54) is 17.5 Å². The second-order valence-electron chi connectivity index (χ2n) is 4.49. The van der Waals surface area contributed by atoms with Crippen LogP contribution in [0.15, 0.2) is 18.2 Å². The van der Waals surface area contributed by atoms with Crippen molar-refractivity contribution in [1.82, 2.24) is 4.90 Å². The van der Waals surface area contributed by atoms with Gasteiger partial charge in [-0.25, -0.2) is 0 Å². The Morgan fingerprint density at radius 2 is 2.19 bits per heavy atom. The molecule has 88 valence electrons. The van der Waals surface area contributed by atoms with Crippen molar-refractivity contribution in [3.8, 4) is 0 Å². The molecule has 2 rings (SSSR count). The molecule has 1 aliphatic heterocycles. The molecule has 1 aliphatic rings. The third-order valence-corrected chi connectivity index (χ3v) is 3.65. The van der Waals surface area contributed by atoms with Crippen LogP contribution in [0.4, 0.5) is 0 Å². The van der Waals surface area contributed by atoms with Crippen molar-refractivity contribution >= 4 is 0 Å². The first-order chi connectivity index (χ1) is 7.80. The van der Waals surface area contributed by atoms with Crippen molar-refractivity contribution in [2.45, 2.75) is 39.3 Å². The third kappa shape index (κ3) is 2.00. The third-order valence-electron chi connectivity index (χ3n) is 3.65. The Balaban J connectivity index is 2.34. The van der Waals surface area contributed by atoms with Crippen LogP contribution in [-0.2, 0) is 13.0 Å². The van der Waals surface area contributed by atoms with Gasteiger partial charge in [0, 0.05) is 12.6 Å². The summed E-state index contributed by atoms with van der Waals surface area (Å²) < 4.78 is 0. The van der Waals surface area contributed by atoms with Crippen LogP contribution in [0.2, 0.25) is 0 Å². The Bertz CT molecular complexity index is 362. The summed E-state index contributed by atoms with van der Waals surface area (Å²) in [6, 6.07) is 7.00. The number of rotatable bonds is 3. The van der Waals surface area contributed by atoms with E-state index in [1.807, 2.05) is 0 Å². The highest BCUT2D eigenvalue weighted by molar-refractivity contribution is 5.36. The predicted octanol–water partition coefficient (Wildman–Crippen LogP) is 2.51. The molecule has 1 heterocycles. The van der Waals surface area contributed by atoms with Gasteiger partial charge in [0.2, 0.25) is 0 Å². The highest BCUT2D eigenvalue weighted by Gasteiger charge is 2.24. The van der Waals surface area contributed by atoms with E-state index in [4.69, 9.17) is 5.11 Å². The van der Waals surface area contributed by atoms with Crippen molar-refractivity contribution in [2.75, 3.05) is 13.1 Å². The van der Waals surface area contributed by atoms with E-state index in [0.717, 1.165) is 25.1 Å². The first-order valence-electron chi connectivity index (χ1n) is 6.26. The highest BCUT2D eigenvalue weighted by atomic mass is 16.3. The molecule has 0 amide bonds. The molecule has 1 aromatic carbocycles. The van der Waals surface area contributed by atoms with Crippen LogP contribution in [-0.4, -0.2) is 23.1 Å². The zero-order valence-electron chi connectivity index (χ0n) is 10.2. The quantitative estimate of drug-likeness (QED) is 0.844. The summed E-state index contributed by atoms with van der Waals surface area (Å²) in [7, 11) is 0. The summed E-state index contributed by atoms with van der Waals surface area (Å²) in [5, 5.41) is 9.15. The molecule has 0 bridgehead atoms. The molecule has 2 nitrogen and oxygen atoms in total. The molecular weight excluding hydrogens is 198 g/mol. The molecule has 0 radical (unpaired) electrons. The average molecular weight is 219 g/mol. The van der Waals surface area contributed by atoms with Crippen molar-refractivity contribution in [2.24, 2.45) is 0 Å². The monoisotopic (exact) mass is 219 g/mol. The van der Waals surface area contributed by atoms with Gasteiger partial charge in [-0.1, -0.05) is 32.0 Å². The summed E-state index contributed by atoms with van der Waals surface area (Å²) in [5.41, 5.74) is 3.94. The standard InChI is InChI=1S/C14H21NO/c1-3-14-13-6-5-11(10-16)9-12(13)7-8-15(14)4-2/h5-6,9,14,16H,3-4,7-8,10H2,1-2H3. The van der Waals surface area contributed by atoms with Crippen molar-refractivity contribution in [1.29, 1.82) is 0 Å². The maximum atomic E-state index is 9.15. The molecule has 0 spiro atoms. The van der Waals surface area contributed by atoms with E-state index >= 15 is 0 Å². The molecule has 16 heavy (non-hydrogen) atoms. The molecule has 1 aromatic rings. The van der Waals surface area contributed by atoms with Gasteiger partial charge in [0.25, 0.3) is 0 Å². The lowest BCUT2D eigenvalue weighted by atomic mass is 9.90. The van der Waals surface area contributed by atoms with E-state index in [2.05, 4.69) is 36.9 Å². The Morgan fingerprint density at radius 1 is 1.38 bits per heavy atom. The Hall–Kier alpha value is -0.860. The highest BCUT2D eigenvalue weighted by Crippen LogP contribution is 2.32. The number of hydrogen-bond acceptors (Lipinski definition) is 2. The van der Waals surface area contributed by atoms with Gasteiger partial charge in [0.1, 0.15) is 0 Å². The Morgan fingerprint density at radius 3 is 2.81 bits per heavy atom. The van der Waals surface area contributed by atoms with Gasteiger partial charge >= 0.3 is 0 Å². The molecule has 1 unspecified atom stereocenters. The lowest BCUT2D eigenvalue weighted by Gasteiger charge is -2.36. The van der Waals surface area contributed by atoms with E-state index < -0.39 is 0 Å². The van der Waals surface area contributed by atoms with Crippen LogP contribution >= 0.6 is 0 Å². The minimum atomic E-state index is 0.154. The summed E-state index contributed by atoms with van der Waals surface area (Å²) in [6.45, 7) is 6.91. The van der Waals surface area contributed by atoms with Gasteiger partial charge in [0.15, 0.2) is 0 Å². The van der Waals surface area contributed by atoms with Crippen molar-refractivity contribution in [3.63, 3.8) is 0 Å². The Kier molecular flexibility index (Phi) is 3.62. The maximum Gasteiger partial charge on any atom is 0.0681 e. The fraction of sp³-hybridized carbons (Fsp3) is 0.571. The largest absolute Gasteiger partial charge is 0.392 e. The minimum Gasteiger partial charge on any atom is -0.392 e. The molecule has 0 aromatic heterocycles. The van der Waals surface area contributed by atoms with E-state index in [1.54, 1.807) is 0 Å². The molecular formula is C14H21NO. The van der Waals surface area contributed by atoms with Gasteiger partial charge < -0.3 is 5.11 Å². The molecule has 0 saturated heterocycles. The topological polar surface area (TPSA) is 23.5 Å². The van der Waals surface area contributed by atoms with Crippen LogP contribution < -0.4 is 0 Å². The molecule has 0 aliphatic carbocycles. The number of aliphatic hydroxyl groups excluding tert-OH is 1. The van der Waals surface area contributed by atoms with Crippen molar-refractivity contribution < 1.29 is 5.11 Å². The molecule has 0 saturated carbocycles. The molecule has 0 fully saturated rings. The second kappa shape index (κ2) is 4.98. The first kappa shape index (κ1) is 11.6. The summed E-state index contributed by atoms with van der Waals surface area (Å²) in [5.74, 6) is 0. The van der Waals surface area contributed by atoms with E-state index in [9.17, 15) is 0 Å². The lowest BCUT2D eigenvalue weighted by molar-refractivity contribution is 0.190. The van der Waals surface area contributed by atoms with Crippen LogP contribution in [0.25, 0.3) is 0 Å². The van der Waals surface area contributed by atoms with Gasteiger partial charge in [-0.2, -0.15) is 0 Å². The first-order valence-corrected chi connectivity index (χ1v) is 6.26. The van der Waals surface area contributed by atoms with Crippen LogP contribution in [0.1, 0.15) is 43.0 Å². The fourth-order valence-electron chi connectivity index (χ4n) is 2.77. The van der Waals surface area contributed by atoms with Gasteiger partial charge in [-0.15, -0.1) is 0 Å². The summed E-state index contributed by atoms with van der Waals surface area (Å²) in [6.07, 6.45) is 2.28. The average Bonchev–Trinajstić information content (AvgIpc) is 2.36. The minimum absolute atomic E-state index is 0.154. The number of nitrogens with zero attached hydrogens (tertiary/aromatic N) is 1. The fourth-order valence-corrected chi connectivity index (χ4v) is 2.77. The maximum absolute atomic E-state index is 9.15. The smallest absolute Gasteiger partial charge is 0.0681 e. The number of aliphatic hydroxyl groups is 1. The van der Waals surface area contributed by atoms with E-state index in [-0.39, 0.29) is 6.61 Å². The van der Waals surface area contributed by atoms with Gasteiger partial charge in [-0.3, -0.25) is 4.90 Å². The zero-order chi connectivity index (χ0) is 11.5. The SMILES string of the molecule is CCC1c2ccc(CO)cc2CCN1CC.